The van der Waals surface area contributed by atoms with Gasteiger partial charge in [-0.2, -0.15) is 5.10 Å². The molecule has 0 amide bonds. The van der Waals surface area contributed by atoms with Crippen molar-refractivity contribution in [1.29, 1.82) is 0 Å². The van der Waals surface area contributed by atoms with E-state index < -0.39 is 0 Å². The van der Waals surface area contributed by atoms with Crippen LogP contribution < -0.4 is 5.32 Å². The molecular formula is C17H22ClN3O. The summed E-state index contributed by atoms with van der Waals surface area (Å²) in [5.74, 6) is 0.446. The predicted octanol–water partition coefficient (Wildman–Crippen LogP) is 4.10. The van der Waals surface area contributed by atoms with E-state index in [9.17, 15) is 4.79 Å². The van der Waals surface area contributed by atoms with E-state index in [-0.39, 0.29) is 12.5 Å². The van der Waals surface area contributed by atoms with E-state index in [2.05, 4.69) is 24.3 Å². The van der Waals surface area contributed by atoms with Crippen LogP contribution in [0, 0.1) is 19.8 Å². The Bertz CT molecular complexity index is 677. The molecule has 2 rings (SSSR count). The van der Waals surface area contributed by atoms with Gasteiger partial charge in [-0.3, -0.25) is 4.79 Å². The Labute approximate surface area is 136 Å². The molecule has 4 nitrogen and oxygen atoms in total. The van der Waals surface area contributed by atoms with Gasteiger partial charge in [-0.1, -0.05) is 37.6 Å². The molecule has 5 heteroatoms. The van der Waals surface area contributed by atoms with Crippen LogP contribution >= 0.6 is 11.6 Å². The number of para-hydroxylation sites is 1. The second-order valence-corrected chi connectivity index (χ2v) is 6.29. The number of hydrogen-bond acceptors (Lipinski definition) is 3. The summed E-state index contributed by atoms with van der Waals surface area (Å²) < 4.78 is 1.50. The van der Waals surface area contributed by atoms with Gasteiger partial charge in [0.1, 0.15) is 0 Å². The Morgan fingerprint density at radius 3 is 2.64 bits per heavy atom. The minimum Gasteiger partial charge on any atom is -0.375 e. The van der Waals surface area contributed by atoms with Gasteiger partial charge in [-0.15, -0.1) is 0 Å². The fraction of sp³-hybridized carbons (Fsp3) is 0.412. The van der Waals surface area contributed by atoms with Gasteiger partial charge < -0.3 is 5.32 Å². The zero-order chi connectivity index (χ0) is 16.3. The molecule has 22 heavy (non-hydrogen) atoms. The Morgan fingerprint density at radius 2 is 2.00 bits per heavy atom. The third-order valence-electron chi connectivity index (χ3n) is 3.59. The first-order chi connectivity index (χ1) is 10.4. The van der Waals surface area contributed by atoms with E-state index in [1.54, 1.807) is 6.07 Å². The molecule has 1 aromatic heterocycles. The number of carbonyl (C=O) groups excluding carboxylic acids is 1. The number of carbonyl (C=O) groups is 1. The molecule has 0 spiro atoms. The highest BCUT2D eigenvalue weighted by Gasteiger charge is 2.17. The number of rotatable bonds is 5. The quantitative estimate of drug-likeness (QED) is 0.902. The maximum absolute atomic E-state index is 12.4. The second kappa shape index (κ2) is 6.97. The largest absolute Gasteiger partial charge is 0.375 e. The minimum atomic E-state index is -0.0875. The van der Waals surface area contributed by atoms with Crippen molar-refractivity contribution in [2.45, 2.75) is 34.1 Å². The van der Waals surface area contributed by atoms with E-state index >= 15 is 0 Å². The number of anilines is 1. The molecule has 0 aliphatic rings. The highest BCUT2D eigenvalue weighted by atomic mass is 35.5. The van der Waals surface area contributed by atoms with E-state index in [4.69, 9.17) is 11.6 Å². The maximum Gasteiger partial charge on any atom is 0.266 e. The van der Waals surface area contributed by atoms with Crippen LogP contribution in [0.1, 0.15) is 35.6 Å². The lowest BCUT2D eigenvalue weighted by Gasteiger charge is -2.09. The van der Waals surface area contributed by atoms with Crippen LogP contribution in [0.2, 0.25) is 5.02 Å². The first kappa shape index (κ1) is 16.6. The van der Waals surface area contributed by atoms with Crippen LogP contribution in [-0.4, -0.2) is 22.2 Å². The summed E-state index contributed by atoms with van der Waals surface area (Å²) in [6.45, 7) is 8.39. The Morgan fingerprint density at radius 1 is 1.32 bits per heavy atom. The lowest BCUT2D eigenvalue weighted by molar-refractivity contribution is 0.0910. The van der Waals surface area contributed by atoms with Gasteiger partial charge >= 0.3 is 0 Å². The molecule has 1 N–H and O–H groups in total. The monoisotopic (exact) mass is 319 g/mol. The van der Waals surface area contributed by atoms with Crippen molar-refractivity contribution < 1.29 is 4.79 Å². The lowest BCUT2D eigenvalue weighted by atomic mass is 10.0. The van der Waals surface area contributed by atoms with Gasteiger partial charge in [0.2, 0.25) is 0 Å². The molecule has 0 saturated heterocycles. The SMILES string of the molecule is Cc1nn(C(=O)CNc2ccccc2Cl)c(C)c1CC(C)C. The van der Waals surface area contributed by atoms with Crippen molar-refractivity contribution in [3.8, 4) is 0 Å². The van der Waals surface area contributed by atoms with Crippen molar-refractivity contribution in [3.63, 3.8) is 0 Å². The van der Waals surface area contributed by atoms with Crippen LogP contribution in [0.3, 0.4) is 0 Å². The Balaban J connectivity index is 2.12. The maximum atomic E-state index is 12.4. The van der Waals surface area contributed by atoms with E-state index in [1.807, 2.05) is 32.0 Å². The molecule has 0 radical (unpaired) electrons. The molecule has 0 bridgehead atoms. The van der Waals surface area contributed by atoms with E-state index in [1.165, 1.54) is 10.2 Å². The topological polar surface area (TPSA) is 46.9 Å². The number of halogens is 1. The van der Waals surface area contributed by atoms with Crippen molar-refractivity contribution in [3.05, 3.63) is 46.2 Å². The third kappa shape index (κ3) is 3.69. The molecule has 0 unspecified atom stereocenters. The van der Waals surface area contributed by atoms with Crippen molar-refractivity contribution in [2.75, 3.05) is 11.9 Å². The summed E-state index contributed by atoms with van der Waals surface area (Å²) in [5.41, 5.74) is 3.77. The molecule has 1 aromatic carbocycles. The van der Waals surface area contributed by atoms with Gasteiger partial charge in [-0.25, -0.2) is 4.68 Å². The first-order valence-electron chi connectivity index (χ1n) is 7.46. The molecule has 0 saturated carbocycles. The summed E-state index contributed by atoms with van der Waals surface area (Å²) in [5, 5.41) is 8.06. The van der Waals surface area contributed by atoms with E-state index in [0.29, 0.717) is 10.9 Å². The Hall–Kier alpha value is -1.81. The fourth-order valence-corrected chi connectivity index (χ4v) is 2.67. The highest BCUT2D eigenvalue weighted by molar-refractivity contribution is 6.33. The molecular weight excluding hydrogens is 298 g/mol. The summed E-state index contributed by atoms with van der Waals surface area (Å²) in [4.78, 5) is 12.4. The van der Waals surface area contributed by atoms with Crippen LogP contribution in [0.4, 0.5) is 5.69 Å². The average molecular weight is 320 g/mol. The number of benzene rings is 1. The molecule has 0 aliphatic carbocycles. The molecule has 2 aromatic rings. The van der Waals surface area contributed by atoms with Gasteiger partial charge in [0.15, 0.2) is 0 Å². The molecule has 0 atom stereocenters. The number of nitrogens with zero attached hydrogens (tertiary/aromatic N) is 2. The van der Waals surface area contributed by atoms with Crippen molar-refractivity contribution in [1.82, 2.24) is 9.78 Å². The summed E-state index contributed by atoms with van der Waals surface area (Å²) in [6.07, 6.45) is 0.933. The number of nitrogens with one attached hydrogen (secondary N) is 1. The minimum absolute atomic E-state index is 0.0875. The normalized spacial score (nSPS) is 11.0. The average Bonchev–Trinajstić information content (AvgIpc) is 2.74. The van der Waals surface area contributed by atoms with E-state index in [0.717, 1.165) is 23.5 Å². The van der Waals surface area contributed by atoms with Crippen molar-refractivity contribution in [2.24, 2.45) is 5.92 Å². The third-order valence-corrected chi connectivity index (χ3v) is 3.92. The van der Waals surface area contributed by atoms with Crippen LogP contribution in [0.25, 0.3) is 0 Å². The zero-order valence-electron chi connectivity index (χ0n) is 13.5. The lowest BCUT2D eigenvalue weighted by Crippen LogP contribution is -2.23. The Kier molecular flexibility index (Phi) is 5.24. The summed E-state index contributed by atoms with van der Waals surface area (Å²) >= 11 is 6.08. The number of aryl methyl sites for hydroxylation is 1. The van der Waals surface area contributed by atoms with Gasteiger partial charge in [0, 0.05) is 5.69 Å². The number of hydrogen-bond donors (Lipinski definition) is 1. The van der Waals surface area contributed by atoms with Gasteiger partial charge in [0.25, 0.3) is 5.91 Å². The molecule has 0 aliphatic heterocycles. The van der Waals surface area contributed by atoms with Gasteiger partial charge in [0.05, 0.1) is 22.9 Å². The zero-order valence-corrected chi connectivity index (χ0v) is 14.2. The first-order valence-corrected chi connectivity index (χ1v) is 7.84. The summed E-state index contributed by atoms with van der Waals surface area (Å²) in [6, 6.07) is 7.37. The molecule has 1 heterocycles. The predicted molar refractivity (Wildman–Crippen MR) is 90.8 cm³/mol. The van der Waals surface area contributed by atoms with Crippen molar-refractivity contribution >= 4 is 23.2 Å². The number of aromatic nitrogens is 2. The smallest absolute Gasteiger partial charge is 0.266 e. The van der Waals surface area contributed by atoms with Crippen LogP contribution in [0.5, 0.6) is 0 Å². The van der Waals surface area contributed by atoms with Gasteiger partial charge in [-0.05, 0) is 43.9 Å². The summed E-state index contributed by atoms with van der Waals surface area (Å²) in [7, 11) is 0. The molecule has 118 valence electrons. The standard InChI is InChI=1S/C17H22ClN3O/c1-11(2)9-14-12(3)20-21(13(14)4)17(22)10-19-16-8-6-5-7-15(16)18/h5-8,11,19H,9-10H2,1-4H3. The molecule has 0 fully saturated rings. The van der Waals surface area contributed by atoms with Crippen LogP contribution in [0.15, 0.2) is 24.3 Å². The fourth-order valence-electron chi connectivity index (χ4n) is 2.47. The second-order valence-electron chi connectivity index (χ2n) is 5.89. The highest BCUT2D eigenvalue weighted by Crippen LogP contribution is 2.21. The van der Waals surface area contributed by atoms with Crippen LogP contribution in [-0.2, 0) is 6.42 Å².